The number of fused-ring (bicyclic) bond motifs is 1. The molecule has 7 nitrogen and oxygen atoms in total. The lowest BCUT2D eigenvalue weighted by atomic mass is 10.1. The number of nitrogens with zero attached hydrogens (tertiary/aromatic N) is 3. The SMILES string of the molecule is C[C@@H]1COCCN1c1cc(C2(S(=O)(=O)C3CC3)CC2)nc(-c2cccc3[nH]ccc23)n1. The highest BCUT2D eigenvalue weighted by Crippen LogP contribution is 2.57. The quantitative estimate of drug-likeness (QED) is 0.657. The molecule has 3 aromatic rings. The Labute approximate surface area is 181 Å². The zero-order valence-electron chi connectivity index (χ0n) is 17.5. The van der Waals surface area contributed by atoms with E-state index in [4.69, 9.17) is 14.7 Å². The molecule has 1 saturated heterocycles. The van der Waals surface area contributed by atoms with E-state index in [1.807, 2.05) is 36.5 Å². The molecule has 6 rings (SSSR count). The van der Waals surface area contributed by atoms with E-state index in [2.05, 4.69) is 16.8 Å². The Morgan fingerprint density at radius 1 is 1.19 bits per heavy atom. The van der Waals surface area contributed by atoms with Crippen LogP contribution in [0.1, 0.15) is 38.3 Å². The number of aromatic amines is 1. The molecule has 1 N–H and O–H groups in total. The van der Waals surface area contributed by atoms with Crippen molar-refractivity contribution in [1.29, 1.82) is 0 Å². The highest BCUT2D eigenvalue weighted by Gasteiger charge is 2.61. The molecule has 162 valence electrons. The first-order valence-electron chi connectivity index (χ1n) is 11.0. The summed E-state index contributed by atoms with van der Waals surface area (Å²) in [4.78, 5) is 15.3. The zero-order valence-corrected chi connectivity index (χ0v) is 18.4. The van der Waals surface area contributed by atoms with Crippen LogP contribution in [0, 0.1) is 0 Å². The average Bonchev–Trinajstić information content (AvgIpc) is 3.70. The van der Waals surface area contributed by atoms with Gasteiger partial charge in [-0.15, -0.1) is 0 Å². The molecule has 8 heteroatoms. The number of benzene rings is 1. The van der Waals surface area contributed by atoms with E-state index < -0.39 is 14.6 Å². The van der Waals surface area contributed by atoms with E-state index in [9.17, 15) is 8.42 Å². The molecule has 3 heterocycles. The molecule has 1 aromatic carbocycles. The molecule has 2 saturated carbocycles. The van der Waals surface area contributed by atoms with Crippen molar-refractivity contribution in [2.75, 3.05) is 24.7 Å². The Balaban J connectivity index is 1.54. The monoisotopic (exact) mass is 438 g/mol. The van der Waals surface area contributed by atoms with Gasteiger partial charge in [0.2, 0.25) is 0 Å². The maximum Gasteiger partial charge on any atom is 0.164 e. The number of nitrogens with one attached hydrogen (secondary N) is 1. The van der Waals surface area contributed by atoms with Crippen molar-refractivity contribution < 1.29 is 13.2 Å². The summed E-state index contributed by atoms with van der Waals surface area (Å²) in [5.41, 5.74) is 2.59. The third kappa shape index (κ3) is 2.99. The molecule has 3 aliphatic rings. The first kappa shape index (κ1) is 19.3. The van der Waals surface area contributed by atoms with Crippen molar-refractivity contribution in [2.24, 2.45) is 0 Å². The van der Waals surface area contributed by atoms with Gasteiger partial charge in [-0.25, -0.2) is 18.4 Å². The summed E-state index contributed by atoms with van der Waals surface area (Å²) in [7, 11) is -3.24. The van der Waals surface area contributed by atoms with Crippen molar-refractivity contribution >= 4 is 26.6 Å². The fraction of sp³-hybridized carbons (Fsp3) is 0.478. The summed E-state index contributed by atoms with van der Waals surface area (Å²) >= 11 is 0. The third-order valence-corrected chi connectivity index (χ3v) is 9.94. The van der Waals surface area contributed by atoms with E-state index in [-0.39, 0.29) is 11.3 Å². The topological polar surface area (TPSA) is 88.2 Å². The number of H-pyrrole nitrogens is 1. The van der Waals surface area contributed by atoms with Crippen LogP contribution >= 0.6 is 0 Å². The van der Waals surface area contributed by atoms with Crippen LogP contribution in [0.15, 0.2) is 36.5 Å². The molecule has 0 radical (unpaired) electrons. The van der Waals surface area contributed by atoms with E-state index >= 15 is 0 Å². The maximum absolute atomic E-state index is 13.3. The van der Waals surface area contributed by atoms with Gasteiger partial charge in [0.05, 0.1) is 30.2 Å². The van der Waals surface area contributed by atoms with E-state index in [0.717, 1.165) is 41.7 Å². The number of aromatic nitrogens is 3. The maximum atomic E-state index is 13.3. The molecule has 1 aliphatic heterocycles. The molecule has 0 spiro atoms. The van der Waals surface area contributed by atoms with E-state index in [1.54, 1.807) is 0 Å². The highest BCUT2D eigenvalue weighted by atomic mass is 32.2. The summed E-state index contributed by atoms with van der Waals surface area (Å²) in [6.45, 7) is 4.11. The molecular formula is C23H26N4O3S. The normalized spacial score (nSPS) is 23.3. The number of morpholine rings is 1. The first-order valence-corrected chi connectivity index (χ1v) is 12.6. The predicted octanol–water partition coefficient (Wildman–Crippen LogP) is 3.42. The minimum Gasteiger partial charge on any atom is -0.377 e. The molecule has 3 fully saturated rings. The standard InChI is InChI=1S/C23H26N4O3S/c1-15-14-30-12-11-27(15)21-13-20(23(8-9-23)31(28,29)16-5-6-16)25-22(26-21)18-3-2-4-19-17(18)7-10-24-19/h2-4,7,10,13,15-16,24H,5-6,8-9,11-12,14H2,1H3/t15-/m1/s1. The highest BCUT2D eigenvalue weighted by molar-refractivity contribution is 7.93. The smallest absolute Gasteiger partial charge is 0.164 e. The third-order valence-electron chi connectivity index (χ3n) is 6.89. The van der Waals surface area contributed by atoms with Crippen LogP contribution in [0.3, 0.4) is 0 Å². The lowest BCUT2D eigenvalue weighted by molar-refractivity contribution is 0.0985. The van der Waals surface area contributed by atoms with Gasteiger partial charge in [-0.2, -0.15) is 0 Å². The van der Waals surface area contributed by atoms with Gasteiger partial charge in [-0.3, -0.25) is 0 Å². The van der Waals surface area contributed by atoms with Gasteiger partial charge in [0.1, 0.15) is 10.6 Å². The molecular weight excluding hydrogens is 412 g/mol. The minimum absolute atomic E-state index is 0.169. The molecule has 31 heavy (non-hydrogen) atoms. The molecule has 2 aromatic heterocycles. The van der Waals surface area contributed by atoms with Gasteiger partial charge < -0.3 is 14.6 Å². The van der Waals surface area contributed by atoms with Crippen molar-refractivity contribution in [1.82, 2.24) is 15.0 Å². The van der Waals surface area contributed by atoms with Gasteiger partial charge in [0.25, 0.3) is 0 Å². The van der Waals surface area contributed by atoms with E-state index in [1.165, 1.54) is 0 Å². The summed E-state index contributed by atoms with van der Waals surface area (Å²) in [6, 6.07) is 10.1. The Morgan fingerprint density at radius 3 is 2.77 bits per heavy atom. The van der Waals surface area contributed by atoms with Gasteiger partial charge in [-0.05, 0) is 44.7 Å². The van der Waals surface area contributed by atoms with Crippen molar-refractivity contribution in [3.63, 3.8) is 0 Å². The largest absolute Gasteiger partial charge is 0.377 e. The number of ether oxygens (including phenoxy) is 1. The lowest BCUT2D eigenvalue weighted by Crippen LogP contribution is -2.44. The minimum atomic E-state index is -3.24. The first-order chi connectivity index (χ1) is 15.0. The van der Waals surface area contributed by atoms with Crippen LogP contribution in [-0.2, 0) is 19.3 Å². The average molecular weight is 439 g/mol. The molecule has 0 amide bonds. The van der Waals surface area contributed by atoms with Gasteiger partial charge in [0, 0.05) is 35.3 Å². The van der Waals surface area contributed by atoms with Crippen LogP contribution in [0.2, 0.25) is 0 Å². The van der Waals surface area contributed by atoms with E-state index in [0.29, 0.717) is 37.6 Å². The summed E-state index contributed by atoms with van der Waals surface area (Å²) in [5.74, 6) is 1.38. The number of rotatable bonds is 5. The van der Waals surface area contributed by atoms with Gasteiger partial charge in [-0.1, -0.05) is 12.1 Å². The Kier molecular flexibility index (Phi) is 4.21. The molecule has 0 unspecified atom stereocenters. The summed E-state index contributed by atoms with van der Waals surface area (Å²) in [6.07, 6.45) is 4.75. The second-order valence-corrected chi connectivity index (χ2v) is 11.6. The molecule has 0 bridgehead atoms. The van der Waals surface area contributed by atoms with Gasteiger partial charge in [0.15, 0.2) is 15.7 Å². The van der Waals surface area contributed by atoms with Crippen LogP contribution in [0.5, 0.6) is 0 Å². The number of hydrogen-bond donors (Lipinski definition) is 1. The predicted molar refractivity (Wildman–Crippen MR) is 120 cm³/mol. The van der Waals surface area contributed by atoms with Crippen LogP contribution < -0.4 is 4.90 Å². The Hall–Kier alpha value is -2.45. The van der Waals surface area contributed by atoms with Crippen molar-refractivity contribution in [3.05, 3.63) is 42.2 Å². The Bertz CT molecular complexity index is 1260. The van der Waals surface area contributed by atoms with Crippen molar-refractivity contribution in [2.45, 2.75) is 48.6 Å². The Morgan fingerprint density at radius 2 is 2.03 bits per heavy atom. The molecule has 1 atom stereocenters. The van der Waals surface area contributed by atoms with Crippen LogP contribution in [-0.4, -0.2) is 54.4 Å². The van der Waals surface area contributed by atoms with Crippen LogP contribution in [0.4, 0.5) is 5.82 Å². The number of hydrogen-bond acceptors (Lipinski definition) is 6. The second-order valence-electron chi connectivity index (χ2n) is 9.04. The fourth-order valence-corrected chi connectivity index (χ4v) is 7.24. The zero-order chi connectivity index (χ0) is 21.2. The molecule has 2 aliphatic carbocycles. The fourth-order valence-electron chi connectivity index (χ4n) is 4.78. The summed E-state index contributed by atoms with van der Waals surface area (Å²) in [5, 5.41) is 0.836. The van der Waals surface area contributed by atoms with Crippen LogP contribution in [0.25, 0.3) is 22.3 Å². The lowest BCUT2D eigenvalue weighted by Gasteiger charge is -2.34. The number of anilines is 1. The van der Waals surface area contributed by atoms with Crippen molar-refractivity contribution in [3.8, 4) is 11.4 Å². The number of sulfone groups is 1. The van der Waals surface area contributed by atoms with Gasteiger partial charge >= 0.3 is 0 Å². The summed E-state index contributed by atoms with van der Waals surface area (Å²) < 4.78 is 31.5. The second kappa shape index (κ2) is 6.77.